The van der Waals surface area contributed by atoms with Crippen LogP contribution in [0, 0.1) is 18.3 Å². The number of nitrogens with zero attached hydrogens (tertiary/aromatic N) is 2. The lowest BCUT2D eigenvalue weighted by molar-refractivity contribution is 0.100. The molecule has 1 aromatic heterocycles. The van der Waals surface area contributed by atoms with Gasteiger partial charge in [-0.3, -0.25) is 4.79 Å². The first-order chi connectivity index (χ1) is 10.1. The third-order valence-corrected chi connectivity index (χ3v) is 3.59. The summed E-state index contributed by atoms with van der Waals surface area (Å²) in [5, 5.41) is 10.1. The predicted octanol–water partition coefficient (Wildman–Crippen LogP) is 2.91. The van der Waals surface area contributed by atoms with Gasteiger partial charge in [0.15, 0.2) is 0 Å². The number of carbonyl (C=O) groups is 1. The number of primary amides is 1. The van der Waals surface area contributed by atoms with Crippen LogP contribution in [0.3, 0.4) is 0 Å². The maximum atomic E-state index is 11.1. The molecule has 4 nitrogen and oxygen atoms in total. The van der Waals surface area contributed by atoms with Gasteiger partial charge in [-0.05, 0) is 55.0 Å². The smallest absolute Gasteiger partial charge is 0.248 e. The molecule has 3 rings (SSSR count). The molecule has 0 atom stereocenters. The van der Waals surface area contributed by atoms with Gasteiger partial charge in [0.1, 0.15) is 0 Å². The van der Waals surface area contributed by atoms with Crippen molar-refractivity contribution in [1.82, 2.24) is 4.57 Å². The molecule has 0 aliphatic heterocycles. The molecule has 0 unspecified atom stereocenters. The van der Waals surface area contributed by atoms with Crippen molar-refractivity contribution >= 4 is 16.8 Å². The monoisotopic (exact) mass is 275 g/mol. The summed E-state index contributed by atoms with van der Waals surface area (Å²) in [6.07, 6.45) is 1.95. The summed E-state index contributed by atoms with van der Waals surface area (Å²) in [4.78, 5) is 11.1. The lowest BCUT2D eigenvalue weighted by Gasteiger charge is -2.07. The van der Waals surface area contributed by atoms with Gasteiger partial charge in [-0.2, -0.15) is 5.26 Å². The Hall–Kier alpha value is -3.06. The third-order valence-electron chi connectivity index (χ3n) is 3.59. The van der Waals surface area contributed by atoms with Crippen molar-refractivity contribution in [2.45, 2.75) is 6.92 Å². The Labute approximate surface area is 122 Å². The summed E-state index contributed by atoms with van der Waals surface area (Å²) < 4.78 is 2.02. The minimum absolute atomic E-state index is 0.437. The number of carbonyl (C=O) groups excluding carboxylic acids is 1. The molecule has 0 bridgehead atoms. The van der Waals surface area contributed by atoms with Gasteiger partial charge in [0, 0.05) is 22.8 Å². The molecule has 2 aromatic carbocycles. The normalized spacial score (nSPS) is 10.5. The van der Waals surface area contributed by atoms with E-state index in [1.807, 2.05) is 48.0 Å². The topological polar surface area (TPSA) is 71.8 Å². The van der Waals surface area contributed by atoms with Crippen LogP contribution in [0.25, 0.3) is 16.6 Å². The van der Waals surface area contributed by atoms with Crippen molar-refractivity contribution in [2.24, 2.45) is 5.73 Å². The van der Waals surface area contributed by atoms with Crippen LogP contribution in [0.2, 0.25) is 0 Å². The first-order valence-electron chi connectivity index (χ1n) is 6.52. The Balaban J connectivity index is 2.15. The van der Waals surface area contributed by atoms with Crippen molar-refractivity contribution < 1.29 is 4.79 Å². The zero-order valence-electron chi connectivity index (χ0n) is 11.5. The number of amides is 1. The van der Waals surface area contributed by atoms with Crippen molar-refractivity contribution in [3.8, 4) is 11.8 Å². The fourth-order valence-electron chi connectivity index (χ4n) is 2.42. The van der Waals surface area contributed by atoms with E-state index in [2.05, 4.69) is 6.07 Å². The van der Waals surface area contributed by atoms with E-state index in [1.54, 1.807) is 12.1 Å². The second-order valence-corrected chi connectivity index (χ2v) is 4.93. The highest BCUT2D eigenvalue weighted by atomic mass is 16.1. The van der Waals surface area contributed by atoms with E-state index in [4.69, 9.17) is 11.0 Å². The van der Waals surface area contributed by atoms with Crippen LogP contribution in [0.5, 0.6) is 0 Å². The van der Waals surface area contributed by atoms with Gasteiger partial charge in [-0.15, -0.1) is 0 Å². The van der Waals surface area contributed by atoms with Crippen molar-refractivity contribution in [3.05, 3.63) is 65.4 Å². The number of hydrogen-bond acceptors (Lipinski definition) is 2. The molecule has 0 fully saturated rings. The lowest BCUT2D eigenvalue weighted by Crippen LogP contribution is -2.10. The molecule has 4 heteroatoms. The molecule has 0 aliphatic carbocycles. The van der Waals surface area contributed by atoms with Crippen LogP contribution in [-0.2, 0) is 0 Å². The lowest BCUT2D eigenvalue weighted by atomic mass is 10.1. The summed E-state index contributed by atoms with van der Waals surface area (Å²) in [6, 6.07) is 15.2. The number of nitrogens with two attached hydrogens (primary N) is 1. The maximum Gasteiger partial charge on any atom is 0.248 e. The third kappa shape index (κ3) is 2.15. The number of nitriles is 1. The average molecular weight is 275 g/mol. The standard InChI is InChI=1S/C17H13N3O/c1-11-8-16-13(9-14(11)10-18)6-7-20(16)15-4-2-12(3-5-15)17(19)21/h2-9H,1H3,(H2,19,21). The van der Waals surface area contributed by atoms with Crippen LogP contribution >= 0.6 is 0 Å². The number of rotatable bonds is 2. The van der Waals surface area contributed by atoms with E-state index in [-0.39, 0.29) is 0 Å². The summed E-state index contributed by atoms with van der Waals surface area (Å²) in [7, 11) is 0. The molecule has 0 aliphatic rings. The summed E-state index contributed by atoms with van der Waals surface area (Å²) in [5.41, 5.74) is 9.33. The minimum Gasteiger partial charge on any atom is -0.366 e. The molecule has 1 amide bonds. The molecule has 0 saturated carbocycles. The second-order valence-electron chi connectivity index (χ2n) is 4.93. The predicted molar refractivity (Wildman–Crippen MR) is 81.2 cm³/mol. The fraction of sp³-hybridized carbons (Fsp3) is 0.0588. The van der Waals surface area contributed by atoms with E-state index >= 15 is 0 Å². The van der Waals surface area contributed by atoms with Crippen molar-refractivity contribution in [2.75, 3.05) is 0 Å². The summed E-state index contributed by atoms with van der Waals surface area (Å²) in [6.45, 7) is 1.92. The Bertz CT molecular complexity index is 883. The van der Waals surface area contributed by atoms with Gasteiger partial charge in [0.2, 0.25) is 5.91 Å². The van der Waals surface area contributed by atoms with Gasteiger partial charge < -0.3 is 10.3 Å². The van der Waals surface area contributed by atoms with E-state index in [0.717, 1.165) is 22.2 Å². The zero-order chi connectivity index (χ0) is 15.0. The van der Waals surface area contributed by atoms with Gasteiger partial charge in [0.05, 0.1) is 17.1 Å². The van der Waals surface area contributed by atoms with E-state index in [1.165, 1.54) is 0 Å². The van der Waals surface area contributed by atoms with Crippen LogP contribution in [-0.4, -0.2) is 10.5 Å². The van der Waals surface area contributed by atoms with Gasteiger partial charge >= 0.3 is 0 Å². The fourth-order valence-corrected chi connectivity index (χ4v) is 2.42. The molecule has 3 aromatic rings. The highest BCUT2D eigenvalue weighted by Gasteiger charge is 2.07. The van der Waals surface area contributed by atoms with Crippen molar-refractivity contribution in [1.29, 1.82) is 5.26 Å². The molecule has 2 N–H and O–H groups in total. The molecule has 21 heavy (non-hydrogen) atoms. The maximum absolute atomic E-state index is 11.1. The Morgan fingerprint density at radius 3 is 2.52 bits per heavy atom. The molecule has 0 saturated heterocycles. The van der Waals surface area contributed by atoms with Crippen molar-refractivity contribution in [3.63, 3.8) is 0 Å². The largest absolute Gasteiger partial charge is 0.366 e. The zero-order valence-corrected chi connectivity index (χ0v) is 11.5. The first kappa shape index (κ1) is 12.9. The molecule has 0 radical (unpaired) electrons. The van der Waals surface area contributed by atoms with Gasteiger partial charge in [-0.25, -0.2) is 0 Å². The summed E-state index contributed by atoms with van der Waals surface area (Å²) in [5.74, 6) is -0.437. The van der Waals surface area contributed by atoms with E-state index in [0.29, 0.717) is 11.1 Å². The quantitative estimate of drug-likeness (QED) is 0.781. The highest BCUT2D eigenvalue weighted by molar-refractivity contribution is 5.93. The average Bonchev–Trinajstić information content (AvgIpc) is 2.89. The Kier molecular flexibility index (Phi) is 2.96. The number of benzene rings is 2. The second kappa shape index (κ2) is 4.80. The number of aromatic nitrogens is 1. The molecule has 102 valence electrons. The van der Waals surface area contributed by atoms with E-state index in [9.17, 15) is 4.79 Å². The van der Waals surface area contributed by atoms with Gasteiger partial charge in [-0.1, -0.05) is 0 Å². The number of hydrogen-bond donors (Lipinski definition) is 1. The van der Waals surface area contributed by atoms with Gasteiger partial charge in [0.25, 0.3) is 0 Å². The molecule has 0 spiro atoms. The Morgan fingerprint density at radius 1 is 1.19 bits per heavy atom. The van der Waals surface area contributed by atoms with Crippen LogP contribution in [0.15, 0.2) is 48.7 Å². The first-order valence-corrected chi connectivity index (χ1v) is 6.52. The van der Waals surface area contributed by atoms with Crippen LogP contribution < -0.4 is 5.73 Å². The molecular weight excluding hydrogens is 262 g/mol. The molecular formula is C17H13N3O. The SMILES string of the molecule is Cc1cc2c(ccn2-c2ccc(C(N)=O)cc2)cc1C#N. The minimum atomic E-state index is -0.437. The summed E-state index contributed by atoms with van der Waals surface area (Å²) >= 11 is 0. The van der Waals surface area contributed by atoms with E-state index < -0.39 is 5.91 Å². The molecule has 1 heterocycles. The van der Waals surface area contributed by atoms with Crippen LogP contribution in [0.4, 0.5) is 0 Å². The van der Waals surface area contributed by atoms with Crippen LogP contribution in [0.1, 0.15) is 21.5 Å². The Morgan fingerprint density at radius 2 is 1.90 bits per heavy atom. The number of aryl methyl sites for hydroxylation is 1. The highest BCUT2D eigenvalue weighted by Crippen LogP contribution is 2.24. The number of fused-ring (bicyclic) bond motifs is 1.